The number of rotatable bonds is 5. The molecule has 0 saturated heterocycles. The van der Waals surface area contributed by atoms with Crippen molar-refractivity contribution in [3.63, 3.8) is 0 Å². The Bertz CT molecular complexity index is 136. The van der Waals surface area contributed by atoms with Crippen LogP contribution in [0.15, 0.2) is 12.5 Å². The van der Waals surface area contributed by atoms with Gasteiger partial charge in [-0.15, -0.1) is 0 Å². The van der Waals surface area contributed by atoms with Crippen LogP contribution < -0.4 is 11.5 Å². The maximum atomic E-state index is 10.4. The summed E-state index contributed by atoms with van der Waals surface area (Å²) in [4.78, 5) is 10.4. The molecule has 0 radical (unpaired) electrons. The molecule has 0 atom stereocenters. The van der Waals surface area contributed by atoms with Crippen LogP contribution in [0.2, 0.25) is 0 Å². The van der Waals surface area contributed by atoms with Crippen molar-refractivity contribution in [3.8, 4) is 0 Å². The number of hydrogen-bond donors (Lipinski definition) is 2. The molecule has 0 aromatic rings. The van der Waals surface area contributed by atoms with Gasteiger partial charge in [0.15, 0.2) is 0 Å². The van der Waals surface area contributed by atoms with Gasteiger partial charge >= 0.3 is 5.97 Å². The van der Waals surface area contributed by atoms with Gasteiger partial charge in [0.25, 0.3) is 0 Å². The van der Waals surface area contributed by atoms with E-state index in [1.807, 2.05) is 0 Å². The fourth-order valence-electron chi connectivity index (χ4n) is 0.327. The van der Waals surface area contributed by atoms with Crippen molar-refractivity contribution in [1.29, 1.82) is 0 Å². The molecule has 0 bridgehead atoms. The van der Waals surface area contributed by atoms with E-state index in [9.17, 15) is 4.79 Å². The predicted molar refractivity (Wildman–Crippen MR) is 39.3 cm³/mol. The van der Waals surface area contributed by atoms with E-state index in [-0.39, 0.29) is 6.54 Å². The van der Waals surface area contributed by atoms with Gasteiger partial charge in [-0.25, -0.2) is 0 Å². The highest BCUT2D eigenvalue weighted by atomic mass is 16.5. The molecule has 0 aliphatic heterocycles. The fourth-order valence-corrected chi connectivity index (χ4v) is 0.327. The summed E-state index contributed by atoms with van der Waals surface area (Å²) in [6.45, 7) is 0.688. The highest BCUT2D eigenvalue weighted by molar-refractivity contribution is 5.71. The maximum Gasteiger partial charge on any atom is 0.324 e. The lowest BCUT2D eigenvalue weighted by Crippen LogP contribution is -2.14. The summed E-state index contributed by atoms with van der Waals surface area (Å²) in [6, 6.07) is 0. The molecule has 0 unspecified atom stereocenters. The van der Waals surface area contributed by atoms with Crippen molar-refractivity contribution < 1.29 is 14.3 Å². The van der Waals surface area contributed by atoms with E-state index in [1.165, 1.54) is 6.26 Å². The second-order valence-electron chi connectivity index (χ2n) is 1.63. The maximum absolute atomic E-state index is 10.4. The first-order valence-electron chi connectivity index (χ1n) is 3.17. The molecule has 0 rings (SSSR count). The average Bonchev–Trinajstić information content (AvgIpc) is 2.04. The van der Waals surface area contributed by atoms with Crippen molar-refractivity contribution in [2.45, 2.75) is 0 Å². The Morgan fingerprint density at radius 2 is 2.09 bits per heavy atom. The van der Waals surface area contributed by atoms with Crippen molar-refractivity contribution in [2.24, 2.45) is 11.5 Å². The van der Waals surface area contributed by atoms with Crippen molar-refractivity contribution in [2.75, 3.05) is 19.7 Å². The Morgan fingerprint density at radius 3 is 2.64 bits per heavy atom. The third kappa shape index (κ3) is 6.82. The molecule has 0 aromatic heterocycles. The van der Waals surface area contributed by atoms with E-state index in [1.54, 1.807) is 0 Å². The van der Waals surface area contributed by atoms with E-state index in [0.29, 0.717) is 13.2 Å². The first-order chi connectivity index (χ1) is 5.31. The van der Waals surface area contributed by atoms with Gasteiger partial charge in [0.2, 0.25) is 0 Å². The number of ether oxygens (including phenoxy) is 2. The van der Waals surface area contributed by atoms with Gasteiger partial charge in [-0.05, 0) is 0 Å². The van der Waals surface area contributed by atoms with Crippen LogP contribution >= 0.6 is 0 Å². The molecule has 0 heterocycles. The van der Waals surface area contributed by atoms with Crippen LogP contribution in [-0.4, -0.2) is 25.7 Å². The zero-order valence-electron chi connectivity index (χ0n) is 6.16. The molecule has 5 nitrogen and oxygen atoms in total. The van der Waals surface area contributed by atoms with Gasteiger partial charge < -0.3 is 20.9 Å². The second kappa shape index (κ2) is 7.04. The number of carbonyl (C=O) groups excluding carboxylic acids is 1. The topological polar surface area (TPSA) is 87.6 Å². The molecule has 0 amide bonds. The second-order valence-corrected chi connectivity index (χ2v) is 1.63. The monoisotopic (exact) mass is 160 g/mol. The standard InChI is InChI=1S/C6H12N2O3/c7-1-2-10-3-4-11-6(9)5-8/h3-4H,1-2,5,7-8H2. The minimum Gasteiger partial charge on any atom is -0.497 e. The summed E-state index contributed by atoms with van der Waals surface area (Å²) in [5, 5.41) is 0. The van der Waals surface area contributed by atoms with E-state index in [4.69, 9.17) is 16.2 Å². The van der Waals surface area contributed by atoms with Crippen LogP contribution in [0, 0.1) is 0 Å². The van der Waals surface area contributed by atoms with E-state index >= 15 is 0 Å². The Kier molecular flexibility index (Phi) is 6.36. The van der Waals surface area contributed by atoms with Gasteiger partial charge in [-0.1, -0.05) is 0 Å². The molecule has 4 N–H and O–H groups in total. The molecule has 0 aliphatic carbocycles. The molecular weight excluding hydrogens is 148 g/mol. The van der Waals surface area contributed by atoms with Crippen LogP contribution in [0.25, 0.3) is 0 Å². The number of nitrogens with two attached hydrogens (primary N) is 2. The summed E-state index contributed by atoms with van der Waals surface area (Å²) < 4.78 is 9.18. The van der Waals surface area contributed by atoms with Crippen molar-refractivity contribution >= 4 is 5.97 Å². The third-order valence-corrected chi connectivity index (χ3v) is 0.754. The van der Waals surface area contributed by atoms with Crippen LogP contribution in [0.4, 0.5) is 0 Å². The minimum absolute atomic E-state index is 0.138. The molecule has 0 aliphatic rings. The number of hydrogen-bond acceptors (Lipinski definition) is 5. The quantitative estimate of drug-likeness (QED) is 0.304. The van der Waals surface area contributed by atoms with Crippen molar-refractivity contribution in [3.05, 3.63) is 12.5 Å². The summed E-state index contributed by atoms with van der Waals surface area (Å²) >= 11 is 0. The zero-order valence-corrected chi connectivity index (χ0v) is 6.16. The van der Waals surface area contributed by atoms with Crippen LogP contribution in [-0.2, 0) is 14.3 Å². The lowest BCUT2D eigenvalue weighted by molar-refractivity contribution is -0.136. The SMILES string of the molecule is NCCOC=COC(=O)CN. The average molecular weight is 160 g/mol. The number of carbonyl (C=O) groups is 1. The van der Waals surface area contributed by atoms with Crippen LogP contribution in [0.5, 0.6) is 0 Å². The summed E-state index contributed by atoms with van der Waals surface area (Å²) in [7, 11) is 0. The Hall–Kier alpha value is -1.07. The normalized spacial score (nSPS) is 10.0. The Labute approximate surface area is 64.9 Å². The largest absolute Gasteiger partial charge is 0.497 e. The van der Waals surface area contributed by atoms with Gasteiger partial charge in [0.05, 0.1) is 13.2 Å². The third-order valence-electron chi connectivity index (χ3n) is 0.754. The van der Waals surface area contributed by atoms with Gasteiger partial charge in [-0.2, -0.15) is 0 Å². The Morgan fingerprint density at radius 1 is 1.36 bits per heavy atom. The first kappa shape index (κ1) is 9.93. The Balaban J connectivity index is 3.22. The summed E-state index contributed by atoms with van der Waals surface area (Å²) in [5.41, 5.74) is 10.1. The van der Waals surface area contributed by atoms with Crippen LogP contribution in [0.3, 0.4) is 0 Å². The molecule has 0 saturated carbocycles. The smallest absolute Gasteiger partial charge is 0.324 e. The summed E-state index contributed by atoms with van der Waals surface area (Å²) in [5.74, 6) is -0.502. The van der Waals surface area contributed by atoms with Crippen molar-refractivity contribution in [1.82, 2.24) is 0 Å². The molecule has 5 heteroatoms. The van der Waals surface area contributed by atoms with Gasteiger partial charge in [0.1, 0.15) is 12.5 Å². The highest BCUT2D eigenvalue weighted by Gasteiger charge is 1.92. The lowest BCUT2D eigenvalue weighted by Gasteiger charge is -1.96. The van der Waals surface area contributed by atoms with Crippen LogP contribution in [0.1, 0.15) is 0 Å². The van der Waals surface area contributed by atoms with E-state index < -0.39 is 5.97 Å². The molecular formula is C6H12N2O3. The van der Waals surface area contributed by atoms with E-state index in [0.717, 1.165) is 6.26 Å². The predicted octanol–water partition coefficient (Wildman–Crippen LogP) is -1.07. The molecule has 0 aromatic carbocycles. The highest BCUT2D eigenvalue weighted by Crippen LogP contribution is 1.80. The lowest BCUT2D eigenvalue weighted by atomic mass is 10.7. The molecule has 0 spiro atoms. The molecule has 64 valence electrons. The number of esters is 1. The van der Waals surface area contributed by atoms with E-state index in [2.05, 4.69) is 4.74 Å². The zero-order chi connectivity index (χ0) is 8.53. The van der Waals surface area contributed by atoms with Gasteiger partial charge in [-0.3, -0.25) is 4.79 Å². The minimum atomic E-state index is -0.502. The first-order valence-corrected chi connectivity index (χ1v) is 3.17. The molecule has 11 heavy (non-hydrogen) atoms. The summed E-state index contributed by atoms with van der Waals surface area (Å²) in [6.07, 6.45) is 2.38. The molecule has 0 fully saturated rings. The van der Waals surface area contributed by atoms with Gasteiger partial charge in [0, 0.05) is 6.54 Å². The fraction of sp³-hybridized carbons (Fsp3) is 0.500.